The SMILES string of the molecule is CCCC1(N)CN(c2ccccc2S(C)(=O)=O)C1. The van der Waals surface area contributed by atoms with E-state index in [0.29, 0.717) is 4.90 Å². The normalized spacial score (nSPS) is 18.5. The van der Waals surface area contributed by atoms with E-state index in [1.807, 2.05) is 17.0 Å². The van der Waals surface area contributed by atoms with Gasteiger partial charge in [0.1, 0.15) is 0 Å². The molecule has 0 amide bonds. The van der Waals surface area contributed by atoms with Crippen LogP contribution in [0.2, 0.25) is 0 Å². The van der Waals surface area contributed by atoms with Crippen molar-refractivity contribution in [3.8, 4) is 0 Å². The summed E-state index contributed by atoms with van der Waals surface area (Å²) < 4.78 is 23.5. The van der Waals surface area contributed by atoms with Gasteiger partial charge in [-0.3, -0.25) is 0 Å². The Morgan fingerprint density at radius 3 is 2.50 bits per heavy atom. The Kier molecular flexibility index (Phi) is 3.38. The lowest BCUT2D eigenvalue weighted by Crippen LogP contribution is -2.67. The maximum absolute atomic E-state index is 11.7. The average Bonchev–Trinajstić information content (AvgIpc) is 2.25. The minimum atomic E-state index is -3.19. The second-order valence-corrected chi connectivity index (χ2v) is 7.19. The zero-order valence-electron chi connectivity index (χ0n) is 10.9. The molecule has 5 heteroatoms. The molecule has 0 spiro atoms. The van der Waals surface area contributed by atoms with E-state index in [4.69, 9.17) is 5.73 Å². The largest absolute Gasteiger partial charge is 0.367 e. The third-order valence-electron chi connectivity index (χ3n) is 3.36. The van der Waals surface area contributed by atoms with Gasteiger partial charge in [0.05, 0.1) is 16.1 Å². The van der Waals surface area contributed by atoms with E-state index in [1.54, 1.807) is 12.1 Å². The molecule has 1 aromatic rings. The highest BCUT2D eigenvalue weighted by Gasteiger charge is 2.39. The molecule has 0 radical (unpaired) electrons. The van der Waals surface area contributed by atoms with Gasteiger partial charge in [-0.1, -0.05) is 25.5 Å². The number of nitrogens with zero attached hydrogens (tertiary/aromatic N) is 1. The molecule has 1 aliphatic heterocycles. The molecule has 1 heterocycles. The quantitative estimate of drug-likeness (QED) is 0.896. The summed E-state index contributed by atoms with van der Waals surface area (Å²) in [5.41, 5.74) is 6.83. The molecule has 0 bridgehead atoms. The van der Waals surface area contributed by atoms with E-state index in [2.05, 4.69) is 6.92 Å². The zero-order valence-corrected chi connectivity index (χ0v) is 11.7. The lowest BCUT2D eigenvalue weighted by molar-refractivity contribution is 0.306. The van der Waals surface area contributed by atoms with Crippen molar-refractivity contribution < 1.29 is 8.42 Å². The van der Waals surface area contributed by atoms with Crippen LogP contribution in [-0.4, -0.2) is 33.3 Å². The first-order valence-electron chi connectivity index (χ1n) is 6.19. The highest BCUT2D eigenvalue weighted by atomic mass is 32.2. The standard InChI is InChI=1S/C13H20N2O2S/c1-3-8-13(14)9-15(10-13)11-6-4-5-7-12(11)18(2,16)17/h4-7H,3,8-10,14H2,1-2H3. The van der Waals surface area contributed by atoms with Crippen LogP contribution in [0, 0.1) is 0 Å². The summed E-state index contributed by atoms with van der Waals surface area (Å²) in [7, 11) is -3.19. The topological polar surface area (TPSA) is 63.4 Å². The van der Waals surface area contributed by atoms with E-state index < -0.39 is 9.84 Å². The van der Waals surface area contributed by atoms with Crippen LogP contribution in [0.4, 0.5) is 5.69 Å². The first-order chi connectivity index (χ1) is 8.36. The van der Waals surface area contributed by atoms with Gasteiger partial charge < -0.3 is 10.6 Å². The lowest BCUT2D eigenvalue weighted by atomic mass is 9.86. The molecule has 0 saturated carbocycles. The van der Waals surface area contributed by atoms with Crippen molar-refractivity contribution in [2.75, 3.05) is 24.2 Å². The van der Waals surface area contributed by atoms with Crippen molar-refractivity contribution in [3.63, 3.8) is 0 Å². The van der Waals surface area contributed by atoms with Gasteiger partial charge in [-0.25, -0.2) is 8.42 Å². The maximum atomic E-state index is 11.7. The molecule has 0 aliphatic carbocycles. The number of anilines is 1. The molecule has 0 unspecified atom stereocenters. The molecule has 4 nitrogen and oxygen atoms in total. The second kappa shape index (κ2) is 4.55. The number of para-hydroxylation sites is 1. The summed E-state index contributed by atoms with van der Waals surface area (Å²) in [6.45, 7) is 3.57. The number of sulfone groups is 1. The van der Waals surface area contributed by atoms with Crippen LogP contribution < -0.4 is 10.6 Å². The van der Waals surface area contributed by atoms with Gasteiger partial charge in [0.15, 0.2) is 9.84 Å². The predicted molar refractivity (Wildman–Crippen MR) is 73.6 cm³/mol. The summed E-state index contributed by atoms with van der Waals surface area (Å²) in [5.74, 6) is 0. The Hall–Kier alpha value is -1.07. The zero-order chi connectivity index (χ0) is 13.4. The van der Waals surface area contributed by atoms with E-state index >= 15 is 0 Å². The van der Waals surface area contributed by atoms with E-state index in [9.17, 15) is 8.42 Å². The van der Waals surface area contributed by atoms with Crippen LogP contribution in [0.15, 0.2) is 29.2 Å². The molecule has 1 fully saturated rings. The predicted octanol–water partition coefficient (Wildman–Crippen LogP) is 1.41. The van der Waals surface area contributed by atoms with Crippen molar-refractivity contribution in [3.05, 3.63) is 24.3 Å². The first-order valence-corrected chi connectivity index (χ1v) is 8.08. The van der Waals surface area contributed by atoms with Crippen LogP contribution in [0.3, 0.4) is 0 Å². The minimum Gasteiger partial charge on any atom is -0.367 e. The Labute approximate surface area is 109 Å². The molecule has 0 aromatic heterocycles. The van der Waals surface area contributed by atoms with Gasteiger partial charge in [-0.05, 0) is 18.6 Å². The van der Waals surface area contributed by atoms with Gasteiger partial charge >= 0.3 is 0 Å². The number of nitrogens with two attached hydrogens (primary N) is 1. The third kappa shape index (κ3) is 2.52. The molecular weight excluding hydrogens is 248 g/mol. The van der Waals surface area contributed by atoms with Gasteiger partial charge in [-0.15, -0.1) is 0 Å². The Morgan fingerprint density at radius 1 is 1.33 bits per heavy atom. The molecule has 2 N–H and O–H groups in total. The molecule has 100 valence electrons. The fourth-order valence-corrected chi connectivity index (χ4v) is 3.48. The highest BCUT2D eigenvalue weighted by Crippen LogP contribution is 2.33. The first kappa shape index (κ1) is 13.4. The summed E-state index contributed by atoms with van der Waals surface area (Å²) >= 11 is 0. The monoisotopic (exact) mass is 268 g/mol. The van der Waals surface area contributed by atoms with Crippen LogP contribution >= 0.6 is 0 Å². The Morgan fingerprint density at radius 2 is 1.94 bits per heavy atom. The summed E-state index contributed by atoms with van der Waals surface area (Å²) in [5, 5.41) is 0. The Bertz CT molecular complexity index is 534. The fourth-order valence-electron chi connectivity index (χ4n) is 2.57. The average molecular weight is 268 g/mol. The summed E-state index contributed by atoms with van der Waals surface area (Å²) in [6.07, 6.45) is 3.27. The van der Waals surface area contributed by atoms with Crippen molar-refractivity contribution in [1.82, 2.24) is 0 Å². The van der Waals surface area contributed by atoms with Crippen LogP contribution in [0.25, 0.3) is 0 Å². The van der Waals surface area contributed by atoms with Crippen LogP contribution in [0.1, 0.15) is 19.8 Å². The molecule has 18 heavy (non-hydrogen) atoms. The highest BCUT2D eigenvalue weighted by molar-refractivity contribution is 7.90. The van der Waals surface area contributed by atoms with Gasteiger partial charge in [0.2, 0.25) is 0 Å². The molecule has 1 aliphatic rings. The molecule has 2 rings (SSSR count). The maximum Gasteiger partial charge on any atom is 0.177 e. The van der Waals surface area contributed by atoms with E-state index in [-0.39, 0.29) is 5.54 Å². The molecule has 0 atom stereocenters. The molecule has 1 saturated heterocycles. The van der Waals surface area contributed by atoms with Crippen LogP contribution in [-0.2, 0) is 9.84 Å². The third-order valence-corrected chi connectivity index (χ3v) is 4.51. The van der Waals surface area contributed by atoms with Crippen molar-refractivity contribution in [2.45, 2.75) is 30.2 Å². The minimum absolute atomic E-state index is 0.153. The number of hydrogen-bond acceptors (Lipinski definition) is 4. The molecule has 1 aromatic carbocycles. The fraction of sp³-hybridized carbons (Fsp3) is 0.538. The van der Waals surface area contributed by atoms with E-state index in [1.165, 1.54) is 6.26 Å². The van der Waals surface area contributed by atoms with Crippen molar-refractivity contribution in [1.29, 1.82) is 0 Å². The lowest BCUT2D eigenvalue weighted by Gasteiger charge is -2.49. The van der Waals surface area contributed by atoms with Crippen molar-refractivity contribution in [2.24, 2.45) is 5.73 Å². The van der Waals surface area contributed by atoms with Gasteiger partial charge in [0.25, 0.3) is 0 Å². The molecular formula is C13H20N2O2S. The van der Waals surface area contributed by atoms with Crippen molar-refractivity contribution >= 4 is 15.5 Å². The number of benzene rings is 1. The number of rotatable bonds is 4. The second-order valence-electron chi connectivity index (χ2n) is 5.21. The Balaban J connectivity index is 2.23. The summed E-state index contributed by atoms with van der Waals surface area (Å²) in [4.78, 5) is 2.44. The summed E-state index contributed by atoms with van der Waals surface area (Å²) in [6, 6.07) is 7.12. The van der Waals surface area contributed by atoms with Gasteiger partial charge in [0, 0.05) is 19.3 Å². The van der Waals surface area contributed by atoms with Gasteiger partial charge in [-0.2, -0.15) is 0 Å². The number of hydrogen-bond donors (Lipinski definition) is 1. The van der Waals surface area contributed by atoms with E-state index in [0.717, 1.165) is 31.6 Å². The smallest absolute Gasteiger partial charge is 0.177 e. The van der Waals surface area contributed by atoms with Crippen LogP contribution in [0.5, 0.6) is 0 Å².